The number of fused-ring (bicyclic) bond motifs is 1. The number of aliphatic imine (C=N–C) groups is 1. The van der Waals surface area contributed by atoms with Gasteiger partial charge >= 0.3 is 0 Å². The molecule has 0 saturated carbocycles. The number of nitrogens with zero attached hydrogens (tertiary/aromatic N) is 2. The van der Waals surface area contributed by atoms with Crippen molar-refractivity contribution >= 4 is 51.2 Å². The molecule has 204 valence electrons. The van der Waals surface area contributed by atoms with E-state index in [0.717, 1.165) is 32.3 Å². The normalized spacial score (nSPS) is 14.2. The van der Waals surface area contributed by atoms with E-state index in [1.807, 2.05) is 38.1 Å². The van der Waals surface area contributed by atoms with E-state index in [1.54, 1.807) is 24.0 Å². The molecule has 0 spiro atoms. The fourth-order valence-corrected chi connectivity index (χ4v) is 5.54. The second-order valence-corrected chi connectivity index (χ2v) is 10.8. The fourth-order valence-electron chi connectivity index (χ4n) is 4.19. The molecule has 10 heteroatoms. The number of aryl methyl sites for hydroxylation is 1. The Hall–Kier alpha value is -4.15. The van der Waals surface area contributed by atoms with Crippen LogP contribution in [0.4, 0.5) is 5.00 Å². The van der Waals surface area contributed by atoms with Crippen LogP contribution in [0, 0.1) is 48.3 Å². The summed E-state index contributed by atoms with van der Waals surface area (Å²) in [4.78, 5) is 23.7. The van der Waals surface area contributed by atoms with Gasteiger partial charge in [0.25, 0.3) is 0 Å². The van der Waals surface area contributed by atoms with Crippen LogP contribution in [0.1, 0.15) is 52.7 Å². The van der Waals surface area contributed by atoms with Crippen LogP contribution in [0.2, 0.25) is 5.02 Å². The van der Waals surface area contributed by atoms with Crippen LogP contribution in [0.5, 0.6) is 0 Å². The number of anilines is 1. The third-order valence-electron chi connectivity index (χ3n) is 6.26. The number of carbonyl (C=O) groups is 1. The number of nitrogens with one attached hydrogen (secondary N) is 4. The molecule has 1 aliphatic heterocycles. The Balaban J connectivity index is 1.56. The predicted octanol–water partition coefficient (Wildman–Crippen LogP) is 4.61. The van der Waals surface area contributed by atoms with E-state index in [0.29, 0.717) is 29.4 Å². The molecular weight excluding hydrogens is 542 g/mol. The zero-order valence-corrected chi connectivity index (χ0v) is 24.1. The van der Waals surface area contributed by atoms with Crippen LogP contribution in [0.3, 0.4) is 0 Å². The van der Waals surface area contributed by atoms with E-state index in [1.165, 1.54) is 11.3 Å². The van der Waals surface area contributed by atoms with Crippen LogP contribution in [0.25, 0.3) is 0 Å². The quantitative estimate of drug-likeness (QED) is 0.174. The topological polar surface area (TPSA) is 134 Å². The van der Waals surface area contributed by atoms with Gasteiger partial charge < -0.3 is 16.0 Å². The highest BCUT2D eigenvalue weighted by Crippen LogP contribution is 2.40. The highest BCUT2D eigenvalue weighted by molar-refractivity contribution is 7.17. The number of thiophene rings is 1. The average Bonchev–Trinajstić information content (AvgIpc) is 3.45. The number of amidine groups is 2. The molecular formula is C30H30ClN7OS. The molecule has 0 unspecified atom stereocenters. The molecule has 3 heterocycles. The molecule has 0 aliphatic carbocycles. The summed E-state index contributed by atoms with van der Waals surface area (Å²) in [6.45, 7) is 6.33. The van der Waals surface area contributed by atoms with Gasteiger partial charge in [0.15, 0.2) is 0 Å². The van der Waals surface area contributed by atoms with Crippen molar-refractivity contribution in [2.24, 2.45) is 10.7 Å². The van der Waals surface area contributed by atoms with Crippen LogP contribution in [-0.2, 0) is 4.79 Å². The van der Waals surface area contributed by atoms with Crippen molar-refractivity contribution in [3.63, 3.8) is 0 Å². The van der Waals surface area contributed by atoms with Gasteiger partial charge in [-0.05, 0) is 62.4 Å². The number of halogens is 1. The minimum Gasteiger partial charge on any atom is -0.345 e. The van der Waals surface area contributed by atoms with Crippen molar-refractivity contribution in [1.82, 2.24) is 10.3 Å². The molecule has 0 radical (unpaired) electrons. The van der Waals surface area contributed by atoms with Gasteiger partial charge in [-0.1, -0.05) is 35.6 Å². The number of carbonyl (C=O) groups excluding carboxylic acids is 1. The first-order valence-electron chi connectivity index (χ1n) is 12.7. The summed E-state index contributed by atoms with van der Waals surface area (Å²) >= 11 is 7.66. The zero-order valence-electron chi connectivity index (χ0n) is 22.5. The van der Waals surface area contributed by atoms with Crippen molar-refractivity contribution in [2.75, 3.05) is 18.0 Å². The number of hydrogen-bond acceptors (Lipinski definition) is 6. The third-order valence-corrected chi connectivity index (χ3v) is 7.70. The lowest BCUT2D eigenvalue weighted by Crippen LogP contribution is -2.42. The lowest BCUT2D eigenvalue weighted by molar-refractivity contribution is -0.120. The standard InChI is InChI=1S/C30H30ClN7OS/c1-18-19(2)40-30-27(18)28(21-9-11-22(31)12-10-21)37-25(29(34)38(30)20(3)33)17-26(39)35-16-6-8-24-14-13-23(36-24)7-4-5-15-32/h9-14,25,33-34,36H,5,15-17,32H2,1-3H3,(H,35,39)/t25-/m0/s1. The fraction of sp³-hybridized carbons (Fsp3) is 0.267. The minimum atomic E-state index is -0.795. The Bertz CT molecular complexity index is 1610. The van der Waals surface area contributed by atoms with E-state index >= 15 is 0 Å². The largest absolute Gasteiger partial charge is 0.345 e. The Kier molecular flexibility index (Phi) is 9.23. The molecule has 0 fully saturated rings. The number of nitrogens with two attached hydrogens (primary N) is 1. The lowest BCUT2D eigenvalue weighted by Gasteiger charge is -2.24. The number of H-pyrrole nitrogens is 1. The maximum Gasteiger partial charge on any atom is 0.223 e. The van der Waals surface area contributed by atoms with E-state index in [2.05, 4.69) is 34.0 Å². The number of benzene rings is 1. The molecule has 6 N–H and O–H groups in total. The first-order chi connectivity index (χ1) is 19.2. The number of aromatic nitrogens is 1. The summed E-state index contributed by atoms with van der Waals surface area (Å²) in [5, 5.41) is 21.6. The number of aromatic amines is 1. The zero-order chi connectivity index (χ0) is 28.8. The molecule has 4 rings (SSSR count). The van der Waals surface area contributed by atoms with Gasteiger partial charge in [-0.2, -0.15) is 0 Å². The van der Waals surface area contributed by atoms with Gasteiger partial charge in [0.1, 0.15) is 22.7 Å². The Morgan fingerprint density at radius 1 is 1.18 bits per heavy atom. The monoisotopic (exact) mass is 571 g/mol. The Labute approximate surface area is 243 Å². The van der Waals surface area contributed by atoms with E-state index in [-0.39, 0.29) is 30.5 Å². The van der Waals surface area contributed by atoms with E-state index < -0.39 is 6.04 Å². The van der Waals surface area contributed by atoms with Crippen LogP contribution >= 0.6 is 22.9 Å². The summed E-state index contributed by atoms with van der Waals surface area (Å²) in [7, 11) is 0. The van der Waals surface area contributed by atoms with Gasteiger partial charge in [0.05, 0.1) is 30.1 Å². The minimum absolute atomic E-state index is 0.0578. The smallest absolute Gasteiger partial charge is 0.223 e. The van der Waals surface area contributed by atoms with Crippen LogP contribution < -0.4 is 16.0 Å². The molecule has 0 bridgehead atoms. The SMILES string of the molecule is CC(=N)N1C(=N)[C@H](CC(=O)NCC#Cc2ccc(C#CCCN)[nH]2)N=C(c2ccc(Cl)cc2)c2c1sc(C)c2C. The van der Waals surface area contributed by atoms with Gasteiger partial charge in [-0.15, -0.1) is 11.3 Å². The second kappa shape index (κ2) is 12.8. The van der Waals surface area contributed by atoms with Crippen molar-refractivity contribution < 1.29 is 4.79 Å². The highest BCUT2D eigenvalue weighted by Gasteiger charge is 2.34. The van der Waals surface area contributed by atoms with Gasteiger partial charge in [0, 0.05) is 34.0 Å². The third kappa shape index (κ3) is 6.52. The van der Waals surface area contributed by atoms with Crippen LogP contribution in [-0.4, -0.2) is 47.4 Å². The average molecular weight is 572 g/mol. The first kappa shape index (κ1) is 28.8. The van der Waals surface area contributed by atoms with E-state index in [9.17, 15) is 4.79 Å². The summed E-state index contributed by atoms with van der Waals surface area (Å²) in [6, 6.07) is 10.2. The molecule has 1 aliphatic rings. The molecule has 8 nitrogen and oxygen atoms in total. The van der Waals surface area contributed by atoms with Crippen molar-refractivity contribution in [2.45, 2.75) is 39.7 Å². The Morgan fingerprint density at radius 3 is 2.50 bits per heavy atom. The molecule has 1 aromatic carbocycles. The van der Waals surface area contributed by atoms with Crippen molar-refractivity contribution in [3.8, 4) is 23.7 Å². The summed E-state index contributed by atoms with van der Waals surface area (Å²) < 4.78 is 0. The maximum absolute atomic E-state index is 13.0. The molecule has 40 heavy (non-hydrogen) atoms. The molecule has 0 saturated heterocycles. The number of hydrogen-bond donors (Lipinski definition) is 5. The molecule has 2 aromatic heterocycles. The first-order valence-corrected chi connectivity index (χ1v) is 13.9. The van der Waals surface area contributed by atoms with Gasteiger partial charge in [-0.25, -0.2) is 0 Å². The highest BCUT2D eigenvalue weighted by atomic mass is 35.5. The summed E-state index contributed by atoms with van der Waals surface area (Å²) in [5.41, 5.74) is 10.3. The van der Waals surface area contributed by atoms with Gasteiger partial charge in [0.2, 0.25) is 5.91 Å². The molecule has 1 atom stereocenters. The molecule has 3 aromatic rings. The number of amides is 1. The molecule has 1 amide bonds. The van der Waals surface area contributed by atoms with Crippen molar-refractivity contribution in [1.29, 1.82) is 10.8 Å². The van der Waals surface area contributed by atoms with Crippen molar-refractivity contribution in [3.05, 3.63) is 74.4 Å². The predicted molar refractivity (Wildman–Crippen MR) is 164 cm³/mol. The maximum atomic E-state index is 13.0. The summed E-state index contributed by atoms with van der Waals surface area (Å²) in [5.74, 6) is 11.9. The summed E-state index contributed by atoms with van der Waals surface area (Å²) in [6.07, 6.45) is 0.568. The van der Waals surface area contributed by atoms with E-state index in [4.69, 9.17) is 33.1 Å². The van der Waals surface area contributed by atoms with Gasteiger partial charge in [-0.3, -0.25) is 25.5 Å². The lowest BCUT2D eigenvalue weighted by atomic mass is 9.99. The number of rotatable bonds is 5. The Morgan fingerprint density at radius 2 is 1.85 bits per heavy atom. The van der Waals surface area contributed by atoms with Crippen LogP contribution in [0.15, 0.2) is 41.4 Å². The second-order valence-electron chi connectivity index (χ2n) is 9.18.